The predicted octanol–water partition coefficient (Wildman–Crippen LogP) is 2.84. The quantitative estimate of drug-likeness (QED) is 0.782. The van der Waals surface area contributed by atoms with E-state index in [2.05, 4.69) is 10.3 Å². The molecule has 2 aromatic rings. The van der Waals surface area contributed by atoms with Crippen LogP contribution in [0, 0.1) is 5.82 Å². The summed E-state index contributed by atoms with van der Waals surface area (Å²) in [6.45, 7) is 2.95. The molecule has 0 bridgehead atoms. The van der Waals surface area contributed by atoms with Crippen molar-refractivity contribution in [3.05, 3.63) is 52.9 Å². The fraction of sp³-hybridized carbons (Fsp3) is 0.333. The summed E-state index contributed by atoms with van der Waals surface area (Å²) in [5.74, 6) is 0.467. The number of amides is 1. The molecule has 1 fully saturated rings. The summed E-state index contributed by atoms with van der Waals surface area (Å²) in [4.78, 5) is 18.3. The number of morpholine rings is 1. The second kappa shape index (κ2) is 8.82. The molecule has 26 heavy (non-hydrogen) atoms. The van der Waals surface area contributed by atoms with Gasteiger partial charge in [-0.3, -0.25) is 4.79 Å². The number of pyridine rings is 1. The SMILES string of the molecule is O=C(c1cnc(NCCOc2cccc(F)c2)c(Cl)c1)N1CCOCC1. The summed E-state index contributed by atoms with van der Waals surface area (Å²) in [6.07, 6.45) is 1.50. The lowest BCUT2D eigenvalue weighted by Crippen LogP contribution is -2.40. The summed E-state index contributed by atoms with van der Waals surface area (Å²) < 4.78 is 23.8. The largest absolute Gasteiger partial charge is 0.492 e. The molecule has 1 aromatic carbocycles. The highest BCUT2D eigenvalue weighted by Gasteiger charge is 2.19. The van der Waals surface area contributed by atoms with E-state index in [0.717, 1.165) is 0 Å². The van der Waals surface area contributed by atoms with Crippen LogP contribution in [0.1, 0.15) is 10.4 Å². The molecule has 1 saturated heterocycles. The number of aromatic nitrogens is 1. The van der Waals surface area contributed by atoms with Crippen molar-refractivity contribution in [2.24, 2.45) is 0 Å². The summed E-state index contributed by atoms with van der Waals surface area (Å²) in [6, 6.07) is 7.54. The third-order valence-corrected chi connectivity index (χ3v) is 4.13. The maximum atomic E-state index is 13.1. The molecule has 6 nitrogen and oxygen atoms in total. The van der Waals surface area contributed by atoms with Crippen LogP contribution < -0.4 is 10.1 Å². The Morgan fingerprint density at radius 3 is 2.88 bits per heavy atom. The third kappa shape index (κ3) is 4.83. The number of hydrogen-bond donors (Lipinski definition) is 1. The maximum absolute atomic E-state index is 13.1. The van der Waals surface area contributed by atoms with E-state index in [1.165, 1.54) is 18.3 Å². The number of halogens is 2. The van der Waals surface area contributed by atoms with Crippen LogP contribution in [0.15, 0.2) is 36.5 Å². The molecule has 1 aromatic heterocycles. The Bertz CT molecular complexity index is 769. The van der Waals surface area contributed by atoms with Gasteiger partial charge in [-0.15, -0.1) is 0 Å². The molecule has 1 aliphatic rings. The number of hydrogen-bond acceptors (Lipinski definition) is 5. The van der Waals surface area contributed by atoms with E-state index < -0.39 is 0 Å². The van der Waals surface area contributed by atoms with Crippen molar-refractivity contribution in [3.8, 4) is 5.75 Å². The third-order valence-electron chi connectivity index (χ3n) is 3.85. The van der Waals surface area contributed by atoms with Gasteiger partial charge in [0.25, 0.3) is 5.91 Å². The minimum absolute atomic E-state index is 0.108. The topological polar surface area (TPSA) is 63.7 Å². The molecule has 0 spiro atoms. The Morgan fingerprint density at radius 2 is 2.15 bits per heavy atom. The van der Waals surface area contributed by atoms with E-state index in [4.69, 9.17) is 21.1 Å². The zero-order valence-electron chi connectivity index (χ0n) is 14.1. The Morgan fingerprint density at radius 1 is 1.35 bits per heavy atom. The van der Waals surface area contributed by atoms with Crippen molar-refractivity contribution in [2.75, 3.05) is 44.8 Å². The second-order valence-electron chi connectivity index (χ2n) is 5.69. The molecule has 1 N–H and O–H groups in total. The average molecular weight is 380 g/mol. The number of nitrogens with one attached hydrogen (secondary N) is 1. The number of carbonyl (C=O) groups is 1. The highest BCUT2D eigenvalue weighted by molar-refractivity contribution is 6.33. The van der Waals surface area contributed by atoms with Gasteiger partial charge in [0.05, 0.1) is 30.3 Å². The summed E-state index contributed by atoms with van der Waals surface area (Å²) >= 11 is 6.22. The van der Waals surface area contributed by atoms with Crippen molar-refractivity contribution in [2.45, 2.75) is 0 Å². The van der Waals surface area contributed by atoms with Gasteiger partial charge < -0.3 is 19.7 Å². The monoisotopic (exact) mass is 379 g/mol. The highest BCUT2D eigenvalue weighted by atomic mass is 35.5. The van der Waals surface area contributed by atoms with E-state index in [-0.39, 0.29) is 11.7 Å². The fourth-order valence-corrected chi connectivity index (χ4v) is 2.76. The van der Waals surface area contributed by atoms with Crippen LogP contribution in [-0.4, -0.2) is 55.2 Å². The molecule has 0 saturated carbocycles. The Balaban J connectivity index is 1.51. The van der Waals surface area contributed by atoms with Gasteiger partial charge in [0.2, 0.25) is 0 Å². The smallest absolute Gasteiger partial charge is 0.255 e. The summed E-state index contributed by atoms with van der Waals surface area (Å²) in [5, 5.41) is 3.39. The molecular weight excluding hydrogens is 361 g/mol. The van der Waals surface area contributed by atoms with Gasteiger partial charge >= 0.3 is 0 Å². The zero-order valence-corrected chi connectivity index (χ0v) is 14.8. The zero-order chi connectivity index (χ0) is 18.4. The minimum atomic E-state index is -0.347. The van der Waals surface area contributed by atoms with Gasteiger partial charge in [0, 0.05) is 25.4 Å². The van der Waals surface area contributed by atoms with E-state index in [1.807, 2.05) is 0 Å². The normalized spacial score (nSPS) is 14.2. The van der Waals surface area contributed by atoms with Crippen LogP contribution in [0.4, 0.5) is 10.2 Å². The maximum Gasteiger partial charge on any atom is 0.255 e. The van der Waals surface area contributed by atoms with Gasteiger partial charge in [-0.1, -0.05) is 17.7 Å². The fourth-order valence-electron chi connectivity index (χ4n) is 2.53. The van der Waals surface area contributed by atoms with Crippen molar-refractivity contribution >= 4 is 23.3 Å². The van der Waals surface area contributed by atoms with Gasteiger partial charge in [0.1, 0.15) is 24.0 Å². The van der Waals surface area contributed by atoms with Crippen molar-refractivity contribution in [3.63, 3.8) is 0 Å². The molecular formula is C18H19ClFN3O3. The Hall–Kier alpha value is -2.38. The molecule has 1 aliphatic heterocycles. The van der Waals surface area contributed by atoms with Crippen molar-refractivity contribution in [1.82, 2.24) is 9.88 Å². The lowest BCUT2D eigenvalue weighted by molar-refractivity contribution is 0.0302. The number of ether oxygens (including phenoxy) is 2. The number of benzene rings is 1. The molecule has 3 rings (SSSR count). The number of rotatable bonds is 6. The van der Waals surface area contributed by atoms with Gasteiger partial charge in [0.15, 0.2) is 0 Å². The highest BCUT2D eigenvalue weighted by Crippen LogP contribution is 2.21. The van der Waals surface area contributed by atoms with Crippen molar-refractivity contribution in [1.29, 1.82) is 0 Å². The predicted molar refractivity (Wildman–Crippen MR) is 96.4 cm³/mol. The first-order chi connectivity index (χ1) is 12.6. The first-order valence-electron chi connectivity index (χ1n) is 8.28. The number of nitrogens with zero attached hydrogens (tertiary/aromatic N) is 2. The first kappa shape index (κ1) is 18.4. The summed E-state index contributed by atoms with van der Waals surface area (Å²) in [7, 11) is 0. The van der Waals surface area contributed by atoms with Crippen LogP contribution in [0.2, 0.25) is 5.02 Å². The Kier molecular flexibility index (Phi) is 6.25. The van der Waals surface area contributed by atoms with E-state index in [0.29, 0.717) is 61.6 Å². The molecule has 0 aliphatic carbocycles. The van der Waals surface area contributed by atoms with E-state index in [1.54, 1.807) is 23.1 Å². The molecule has 138 valence electrons. The molecule has 1 amide bonds. The first-order valence-corrected chi connectivity index (χ1v) is 8.66. The van der Waals surface area contributed by atoms with Gasteiger partial charge in [-0.2, -0.15) is 0 Å². The molecule has 0 atom stereocenters. The van der Waals surface area contributed by atoms with E-state index >= 15 is 0 Å². The Labute approximate surface area is 155 Å². The van der Waals surface area contributed by atoms with Crippen LogP contribution in [0.3, 0.4) is 0 Å². The molecule has 0 radical (unpaired) electrons. The molecule has 0 unspecified atom stereocenters. The van der Waals surface area contributed by atoms with Crippen LogP contribution in [-0.2, 0) is 4.74 Å². The lowest BCUT2D eigenvalue weighted by atomic mass is 10.2. The molecule has 8 heteroatoms. The van der Waals surface area contributed by atoms with E-state index in [9.17, 15) is 9.18 Å². The lowest BCUT2D eigenvalue weighted by Gasteiger charge is -2.26. The second-order valence-corrected chi connectivity index (χ2v) is 6.10. The van der Waals surface area contributed by atoms with Gasteiger partial charge in [-0.05, 0) is 18.2 Å². The van der Waals surface area contributed by atoms with Crippen LogP contribution >= 0.6 is 11.6 Å². The van der Waals surface area contributed by atoms with Gasteiger partial charge in [-0.25, -0.2) is 9.37 Å². The standard InChI is InChI=1S/C18H19ClFN3O3/c19-16-10-13(18(24)23-5-8-25-9-6-23)12-22-17(16)21-4-7-26-15-3-1-2-14(20)11-15/h1-3,10-12H,4-9H2,(H,21,22). The minimum Gasteiger partial charge on any atom is -0.492 e. The van der Waals surface area contributed by atoms with Crippen LogP contribution in [0.5, 0.6) is 5.75 Å². The van der Waals surface area contributed by atoms with Crippen molar-refractivity contribution < 1.29 is 18.7 Å². The average Bonchev–Trinajstić information content (AvgIpc) is 2.66. The molecule has 2 heterocycles. The summed E-state index contributed by atoms with van der Waals surface area (Å²) in [5.41, 5.74) is 0.443. The number of anilines is 1. The number of carbonyl (C=O) groups excluding carboxylic acids is 1. The van der Waals surface area contributed by atoms with Crippen LogP contribution in [0.25, 0.3) is 0 Å².